The summed E-state index contributed by atoms with van der Waals surface area (Å²) in [5.74, 6) is -1.12. The highest BCUT2D eigenvalue weighted by molar-refractivity contribution is 5.96. The van der Waals surface area contributed by atoms with E-state index in [-0.39, 0.29) is 21.9 Å². The Kier molecular flexibility index (Phi) is 2.12. The van der Waals surface area contributed by atoms with E-state index < -0.39 is 11.5 Å². The molecule has 0 spiro atoms. The maximum Gasteiger partial charge on any atom is 0.0999 e. The largest absolute Gasteiger partial charge is 0.871 e. The van der Waals surface area contributed by atoms with E-state index in [4.69, 9.17) is 10.5 Å². The highest BCUT2D eigenvalue weighted by atomic mass is 16.3. The molecule has 0 aromatic heterocycles. The molecule has 76 valence electrons. The summed E-state index contributed by atoms with van der Waals surface area (Å²) in [6.07, 6.45) is 0. The molecule has 0 aliphatic carbocycles. The van der Waals surface area contributed by atoms with Gasteiger partial charge in [0, 0.05) is 0 Å². The molecule has 0 atom stereocenters. The molecular formula is C12H4N2O2-2. The zero-order valence-corrected chi connectivity index (χ0v) is 8.02. The first-order valence-corrected chi connectivity index (χ1v) is 4.43. The van der Waals surface area contributed by atoms with E-state index in [1.165, 1.54) is 12.1 Å². The molecule has 2 rings (SSSR count). The van der Waals surface area contributed by atoms with Crippen LogP contribution in [0.1, 0.15) is 11.1 Å². The maximum atomic E-state index is 11.8. The van der Waals surface area contributed by atoms with Crippen molar-refractivity contribution >= 4 is 10.8 Å². The monoisotopic (exact) mass is 208 g/mol. The Labute approximate surface area is 91.2 Å². The van der Waals surface area contributed by atoms with Crippen LogP contribution in [0.15, 0.2) is 24.3 Å². The van der Waals surface area contributed by atoms with Crippen molar-refractivity contribution in [3.63, 3.8) is 0 Å². The Balaban J connectivity index is 3.08. The van der Waals surface area contributed by atoms with Crippen LogP contribution in [-0.4, -0.2) is 0 Å². The van der Waals surface area contributed by atoms with Crippen molar-refractivity contribution in [2.75, 3.05) is 0 Å². The van der Waals surface area contributed by atoms with Gasteiger partial charge in [-0.15, -0.1) is 0 Å². The van der Waals surface area contributed by atoms with Gasteiger partial charge in [0.1, 0.15) is 0 Å². The molecule has 0 saturated carbocycles. The molecular weight excluding hydrogens is 204 g/mol. The zero-order valence-electron chi connectivity index (χ0n) is 8.02. The molecule has 0 N–H and O–H groups in total. The second-order valence-electron chi connectivity index (χ2n) is 3.18. The predicted octanol–water partition coefficient (Wildman–Crippen LogP) is 0.730. The van der Waals surface area contributed by atoms with Gasteiger partial charge in [-0.3, -0.25) is 0 Å². The summed E-state index contributed by atoms with van der Waals surface area (Å²) in [5.41, 5.74) is -0.739. The number of hydrogen-bond acceptors (Lipinski definition) is 4. The molecule has 0 unspecified atom stereocenters. The minimum atomic E-state index is -0.561. The SMILES string of the molecule is N#Cc1c(C#N)c([O-])c2ccccc2c1[O-]. The van der Waals surface area contributed by atoms with Crippen molar-refractivity contribution < 1.29 is 10.2 Å². The Bertz CT molecular complexity index is 605. The Hall–Kier alpha value is -2.72. The number of nitriles is 2. The summed E-state index contributed by atoms with van der Waals surface area (Å²) < 4.78 is 0. The van der Waals surface area contributed by atoms with Crippen LogP contribution in [0.2, 0.25) is 0 Å². The summed E-state index contributed by atoms with van der Waals surface area (Å²) in [7, 11) is 0. The van der Waals surface area contributed by atoms with Gasteiger partial charge in [-0.05, 0) is 10.8 Å². The number of hydrogen-bond donors (Lipinski definition) is 0. The van der Waals surface area contributed by atoms with Crippen LogP contribution in [0.4, 0.5) is 0 Å². The van der Waals surface area contributed by atoms with Gasteiger partial charge < -0.3 is 10.2 Å². The molecule has 0 saturated heterocycles. The molecule has 2 aromatic carbocycles. The normalized spacial score (nSPS) is 9.62. The molecule has 4 nitrogen and oxygen atoms in total. The van der Waals surface area contributed by atoms with Gasteiger partial charge >= 0.3 is 0 Å². The highest BCUT2D eigenvalue weighted by Crippen LogP contribution is 2.35. The molecule has 0 amide bonds. The van der Waals surface area contributed by atoms with E-state index in [0.29, 0.717) is 0 Å². The quantitative estimate of drug-likeness (QED) is 0.637. The van der Waals surface area contributed by atoms with Crippen molar-refractivity contribution in [1.82, 2.24) is 0 Å². The molecule has 4 heteroatoms. The topological polar surface area (TPSA) is 93.7 Å². The number of rotatable bonds is 0. The van der Waals surface area contributed by atoms with E-state index in [9.17, 15) is 10.2 Å². The second kappa shape index (κ2) is 3.45. The first-order chi connectivity index (χ1) is 7.70. The Morgan fingerprint density at radius 1 is 0.812 bits per heavy atom. The fourth-order valence-electron chi connectivity index (χ4n) is 1.59. The lowest BCUT2D eigenvalue weighted by molar-refractivity contribution is -0.271. The van der Waals surface area contributed by atoms with Gasteiger partial charge in [0.15, 0.2) is 0 Å². The zero-order chi connectivity index (χ0) is 11.7. The summed E-state index contributed by atoms with van der Waals surface area (Å²) in [4.78, 5) is 0. The molecule has 16 heavy (non-hydrogen) atoms. The van der Waals surface area contributed by atoms with Crippen molar-refractivity contribution in [2.24, 2.45) is 0 Å². The van der Waals surface area contributed by atoms with Crippen LogP contribution in [-0.2, 0) is 0 Å². The third-order valence-corrected chi connectivity index (χ3v) is 2.34. The van der Waals surface area contributed by atoms with Crippen molar-refractivity contribution in [2.45, 2.75) is 0 Å². The van der Waals surface area contributed by atoms with Crippen LogP contribution in [0.5, 0.6) is 11.5 Å². The summed E-state index contributed by atoms with van der Waals surface area (Å²) >= 11 is 0. The van der Waals surface area contributed by atoms with Gasteiger partial charge in [0.05, 0.1) is 23.3 Å². The number of benzene rings is 2. The Morgan fingerprint density at radius 3 is 1.50 bits per heavy atom. The number of fused-ring (bicyclic) bond motifs is 1. The van der Waals surface area contributed by atoms with Gasteiger partial charge in [-0.25, -0.2) is 0 Å². The lowest BCUT2D eigenvalue weighted by Crippen LogP contribution is -2.04. The standard InChI is InChI=1S/C12H6N2O2/c13-5-9-10(6-14)12(16)8-4-2-1-3-7(8)11(9)15/h1-4,15-16H/p-2. The van der Waals surface area contributed by atoms with E-state index in [1.807, 2.05) is 0 Å². The van der Waals surface area contributed by atoms with Crippen LogP contribution < -0.4 is 10.2 Å². The number of nitrogens with zero attached hydrogens (tertiary/aromatic N) is 2. The summed E-state index contributed by atoms with van der Waals surface area (Å²) in [6, 6.07) is 9.39. The first kappa shape index (κ1) is 9.82. The van der Waals surface area contributed by atoms with Gasteiger partial charge in [0.2, 0.25) is 0 Å². The third-order valence-electron chi connectivity index (χ3n) is 2.34. The summed E-state index contributed by atoms with van der Waals surface area (Å²) in [6.45, 7) is 0. The van der Waals surface area contributed by atoms with Crippen LogP contribution >= 0.6 is 0 Å². The van der Waals surface area contributed by atoms with Crippen molar-refractivity contribution in [3.05, 3.63) is 35.4 Å². The lowest BCUT2D eigenvalue weighted by Gasteiger charge is -2.20. The lowest BCUT2D eigenvalue weighted by atomic mass is 9.99. The molecule has 2 aromatic rings. The molecule has 0 aliphatic rings. The minimum Gasteiger partial charge on any atom is -0.871 e. The predicted molar refractivity (Wildman–Crippen MR) is 52.3 cm³/mol. The summed E-state index contributed by atoms with van der Waals surface area (Å²) in [5, 5.41) is 41.5. The molecule has 0 bridgehead atoms. The smallest absolute Gasteiger partial charge is 0.0999 e. The van der Waals surface area contributed by atoms with E-state index >= 15 is 0 Å². The van der Waals surface area contributed by atoms with Crippen LogP contribution in [0.25, 0.3) is 10.8 Å². The first-order valence-electron chi connectivity index (χ1n) is 4.43. The van der Waals surface area contributed by atoms with E-state index in [2.05, 4.69) is 0 Å². The van der Waals surface area contributed by atoms with Crippen molar-refractivity contribution in [1.29, 1.82) is 10.5 Å². The average Bonchev–Trinajstić information content (AvgIpc) is 2.33. The Morgan fingerprint density at radius 2 is 1.19 bits per heavy atom. The van der Waals surface area contributed by atoms with E-state index in [0.717, 1.165) is 0 Å². The second-order valence-corrected chi connectivity index (χ2v) is 3.18. The third kappa shape index (κ3) is 1.14. The van der Waals surface area contributed by atoms with Crippen LogP contribution in [0, 0.1) is 22.7 Å². The van der Waals surface area contributed by atoms with E-state index in [1.54, 1.807) is 24.3 Å². The molecule has 0 fully saturated rings. The van der Waals surface area contributed by atoms with Crippen LogP contribution in [0.3, 0.4) is 0 Å². The van der Waals surface area contributed by atoms with Gasteiger partial charge in [0.25, 0.3) is 0 Å². The van der Waals surface area contributed by atoms with Gasteiger partial charge in [-0.1, -0.05) is 35.8 Å². The molecule has 0 heterocycles. The highest BCUT2D eigenvalue weighted by Gasteiger charge is 2.08. The maximum absolute atomic E-state index is 11.8. The van der Waals surface area contributed by atoms with Crippen molar-refractivity contribution in [3.8, 4) is 23.6 Å². The fraction of sp³-hybridized carbons (Fsp3) is 0. The van der Waals surface area contributed by atoms with Gasteiger partial charge in [-0.2, -0.15) is 10.5 Å². The fourth-order valence-corrected chi connectivity index (χ4v) is 1.59. The minimum absolute atomic E-state index is 0.183. The molecule has 0 radical (unpaired) electrons. The molecule has 0 aliphatic heterocycles. The average molecular weight is 208 g/mol.